The van der Waals surface area contributed by atoms with E-state index in [0.29, 0.717) is 35.7 Å². The number of benzene rings is 1. The first-order chi connectivity index (χ1) is 8.84. The van der Waals surface area contributed by atoms with E-state index in [1.54, 1.807) is 13.0 Å². The van der Waals surface area contributed by atoms with Crippen molar-refractivity contribution in [2.75, 3.05) is 12.3 Å². The van der Waals surface area contributed by atoms with Crippen LogP contribution in [0.4, 0.5) is 5.69 Å². The zero-order valence-electron chi connectivity index (χ0n) is 10.5. The summed E-state index contributed by atoms with van der Waals surface area (Å²) in [5, 5.41) is 9.66. The Morgan fingerprint density at radius 3 is 2.68 bits per heavy atom. The predicted octanol–water partition coefficient (Wildman–Crippen LogP) is 2.00. The minimum Gasteiger partial charge on any atom is -0.480 e. The van der Waals surface area contributed by atoms with Gasteiger partial charge in [-0.1, -0.05) is 11.6 Å². The number of carboxylic acids is 1. The van der Waals surface area contributed by atoms with Gasteiger partial charge in [0.25, 0.3) is 5.91 Å². The van der Waals surface area contributed by atoms with Crippen LogP contribution < -0.4 is 5.73 Å². The van der Waals surface area contributed by atoms with E-state index in [1.807, 2.05) is 0 Å². The standard InChI is InChI=1S/C13H15ClN2O3/c1-13(12(18)19)3-2-4-16(13)11(17)8-5-9(14)7-10(15)6-8/h5-7H,2-4,15H2,1H3,(H,18,19). The van der Waals surface area contributed by atoms with Gasteiger partial charge in [-0.25, -0.2) is 4.79 Å². The Kier molecular flexibility index (Phi) is 3.41. The number of hydrogen-bond acceptors (Lipinski definition) is 3. The fourth-order valence-corrected chi connectivity index (χ4v) is 2.65. The van der Waals surface area contributed by atoms with Crippen LogP contribution in [-0.4, -0.2) is 34.0 Å². The van der Waals surface area contributed by atoms with Gasteiger partial charge in [0.15, 0.2) is 0 Å². The zero-order chi connectivity index (χ0) is 14.2. The molecule has 6 heteroatoms. The highest BCUT2D eigenvalue weighted by atomic mass is 35.5. The van der Waals surface area contributed by atoms with E-state index >= 15 is 0 Å². The van der Waals surface area contributed by atoms with Gasteiger partial charge < -0.3 is 15.7 Å². The normalized spacial score (nSPS) is 22.5. The minimum absolute atomic E-state index is 0.319. The summed E-state index contributed by atoms with van der Waals surface area (Å²) in [6.45, 7) is 1.99. The monoisotopic (exact) mass is 282 g/mol. The summed E-state index contributed by atoms with van der Waals surface area (Å²) in [6, 6.07) is 4.55. The molecule has 0 aliphatic carbocycles. The van der Waals surface area contributed by atoms with Gasteiger partial charge >= 0.3 is 5.97 Å². The molecule has 1 aromatic rings. The summed E-state index contributed by atoms with van der Waals surface area (Å²) in [4.78, 5) is 25.2. The third kappa shape index (κ3) is 2.38. The van der Waals surface area contributed by atoms with Gasteiger partial charge in [0, 0.05) is 22.8 Å². The van der Waals surface area contributed by atoms with Crippen LogP contribution in [0.1, 0.15) is 30.1 Å². The highest BCUT2D eigenvalue weighted by molar-refractivity contribution is 6.31. The molecule has 2 rings (SSSR count). The van der Waals surface area contributed by atoms with E-state index in [-0.39, 0.29) is 5.91 Å². The van der Waals surface area contributed by atoms with Gasteiger partial charge in [-0.15, -0.1) is 0 Å². The van der Waals surface area contributed by atoms with E-state index in [2.05, 4.69) is 0 Å². The first-order valence-electron chi connectivity index (χ1n) is 5.96. The highest BCUT2D eigenvalue weighted by Crippen LogP contribution is 2.31. The average Bonchev–Trinajstić information content (AvgIpc) is 2.70. The fraction of sp³-hybridized carbons (Fsp3) is 0.385. The second-order valence-corrected chi connectivity index (χ2v) is 5.35. The minimum atomic E-state index is -1.16. The number of aliphatic carboxylic acids is 1. The van der Waals surface area contributed by atoms with E-state index in [1.165, 1.54) is 17.0 Å². The van der Waals surface area contributed by atoms with E-state index in [9.17, 15) is 14.7 Å². The molecule has 1 fully saturated rings. The maximum absolute atomic E-state index is 12.4. The molecule has 1 amide bonds. The lowest BCUT2D eigenvalue weighted by Crippen LogP contribution is -2.50. The molecule has 1 unspecified atom stereocenters. The molecule has 0 bridgehead atoms. The van der Waals surface area contributed by atoms with Gasteiger partial charge in [-0.3, -0.25) is 4.79 Å². The van der Waals surface area contributed by atoms with Crippen LogP contribution in [-0.2, 0) is 4.79 Å². The van der Waals surface area contributed by atoms with Crippen LogP contribution in [0.15, 0.2) is 18.2 Å². The van der Waals surface area contributed by atoms with E-state index in [4.69, 9.17) is 17.3 Å². The molecule has 5 nitrogen and oxygen atoms in total. The molecule has 0 saturated carbocycles. The molecule has 0 radical (unpaired) electrons. The topological polar surface area (TPSA) is 83.6 Å². The molecule has 102 valence electrons. The van der Waals surface area contributed by atoms with Crippen LogP contribution in [0.5, 0.6) is 0 Å². The van der Waals surface area contributed by atoms with Crippen molar-refractivity contribution in [3.8, 4) is 0 Å². The van der Waals surface area contributed by atoms with Crippen LogP contribution >= 0.6 is 11.6 Å². The first-order valence-corrected chi connectivity index (χ1v) is 6.34. The van der Waals surface area contributed by atoms with Crippen molar-refractivity contribution in [3.05, 3.63) is 28.8 Å². The number of likely N-dealkylation sites (tertiary alicyclic amines) is 1. The number of hydrogen-bond donors (Lipinski definition) is 2. The van der Waals surface area contributed by atoms with Crippen molar-refractivity contribution in [1.82, 2.24) is 4.90 Å². The summed E-state index contributed by atoms with van der Waals surface area (Å²) >= 11 is 5.87. The lowest BCUT2D eigenvalue weighted by molar-refractivity contribution is -0.147. The van der Waals surface area contributed by atoms with Crippen molar-refractivity contribution in [3.63, 3.8) is 0 Å². The number of rotatable bonds is 2. The molecular weight excluding hydrogens is 268 g/mol. The van der Waals surface area contributed by atoms with Gasteiger partial charge in [-0.05, 0) is 38.0 Å². The molecule has 0 spiro atoms. The molecule has 0 aromatic heterocycles. The van der Waals surface area contributed by atoms with E-state index < -0.39 is 11.5 Å². The Morgan fingerprint density at radius 1 is 1.42 bits per heavy atom. The Bertz CT molecular complexity index is 526. The number of anilines is 1. The zero-order valence-corrected chi connectivity index (χ0v) is 11.3. The summed E-state index contributed by atoms with van der Waals surface area (Å²) < 4.78 is 0. The first kappa shape index (κ1) is 13.7. The van der Waals surface area contributed by atoms with Gasteiger partial charge in [0.05, 0.1) is 0 Å². The molecule has 1 aromatic carbocycles. The van der Waals surface area contributed by atoms with Crippen LogP contribution in [0.3, 0.4) is 0 Å². The fourth-order valence-electron chi connectivity index (χ4n) is 2.40. The van der Waals surface area contributed by atoms with Crippen LogP contribution in [0, 0.1) is 0 Å². The molecule has 1 atom stereocenters. The molecule has 1 aliphatic rings. The van der Waals surface area contributed by atoms with Crippen LogP contribution in [0.2, 0.25) is 5.02 Å². The predicted molar refractivity (Wildman–Crippen MR) is 72.2 cm³/mol. The van der Waals surface area contributed by atoms with Crippen molar-refractivity contribution < 1.29 is 14.7 Å². The Morgan fingerprint density at radius 2 is 2.11 bits per heavy atom. The highest BCUT2D eigenvalue weighted by Gasteiger charge is 2.46. The van der Waals surface area contributed by atoms with Crippen molar-refractivity contribution in [2.24, 2.45) is 0 Å². The maximum Gasteiger partial charge on any atom is 0.329 e. The Balaban J connectivity index is 2.36. The SMILES string of the molecule is CC1(C(=O)O)CCCN1C(=O)c1cc(N)cc(Cl)c1. The number of halogens is 1. The quantitative estimate of drug-likeness (QED) is 0.813. The van der Waals surface area contributed by atoms with E-state index in [0.717, 1.165) is 0 Å². The molecule has 1 saturated heterocycles. The molecule has 1 heterocycles. The van der Waals surface area contributed by atoms with Crippen molar-refractivity contribution in [2.45, 2.75) is 25.3 Å². The Hall–Kier alpha value is -1.75. The lowest BCUT2D eigenvalue weighted by Gasteiger charge is -2.31. The Labute approximate surface area is 116 Å². The van der Waals surface area contributed by atoms with Gasteiger partial charge in [-0.2, -0.15) is 0 Å². The largest absolute Gasteiger partial charge is 0.480 e. The second kappa shape index (κ2) is 4.74. The third-order valence-corrected chi connectivity index (χ3v) is 3.73. The van der Waals surface area contributed by atoms with Gasteiger partial charge in [0.2, 0.25) is 0 Å². The van der Waals surface area contributed by atoms with Crippen LogP contribution in [0.25, 0.3) is 0 Å². The van der Waals surface area contributed by atoms with Gasteiger partial charge in [0.1, 0.15) is 5.54 Å². The molecule has 19 heavy (non-hydrogen) atoms. The summed E-state index contributed by atoms with van der Waals surface area (Å²) in [6.07, 6.45) is 1.12. The molecular formula is C13H15ClN2O3. The number of carbonyl (C=O) groups excluding carboxylic acids is 1. The molecule has 1 aliphatic heterocycles. The lowest BCUT2D eigenvalue weighted by atomic mass is 9.98. The number of amides is 1. The maximum atomic E-state index is 12.4. The van der Waals surface area contributed by atoms with Crippen molar-refractivity contribution >= 4 is 29.2 Å². The number of nitrogen functional groups attached to an aromatic ring is 1. The summed E-state index contributed by atoms with van der Waals surface area (Å²) in [7, 11) is 0. The van der Waals surface area contributed by atoms with Crippen molar-refractivity contribution in [1.29, 1.82) is 0 Å². The smallest absolute Gasteiger partial charge is 0.329 e. The summed E-state index contributed by atoms with van der Waals surface area (Å²) in [5.41, 5.74) is 5.19. The number of carbonyl (C=O) groups is 2. The molecule has 3 N–H and O–H groups in total. The third-order valence-electron chi connectivity index (χ3n) is 3.51. The number of carboxylic acid groups (broad SMARTS) is 1. The number of nitrogens with zero attached hydrogens (tertiary/aromatic N) is 1. The summed E-state index contributed by atoms with van der Waals surface area (Å²) in [5.74, 6) is -1.34. The average molecular weight is 283 g/mol. The second-order valence-electron chi connectivity index (χ2n) is 4.91. The number of nitrogens with two attached hydrogens (primary N) is 1.